The first-order valence-corrected chi connectivity index (χ1v) is 3.74. The molecule has 0 aliphatic rings. The van der Waals surface area contributed by atoms with Crippen LogP contribution in [0.15, 0.2) is 11.0 Å². The van der Waals surface area contributed by atoms with Crippen molar-refractivity contribution >= 4 is 12.6 Å². The molecule has 0 spiro atoms. The third-order valence-corrected chi connectivity index (χ3v) is 1.96. The van der Waals surface area contributed by atoms with Crippen molar-refractivity contribution in [1.82, 2.24) is 0 Å². The average molecular weight is 190 g/mol. The van der Waals surface area contributed by atoms with Crippen molar-refractivity contribution in [2.75, 3.05) is 7.11 Å². The van der Waals surface area contributed by atoms with E-state index < -0.39 is 11.6 Å². The van der Waals surface area contributed by atoms with E-state index in [1.807, 2.05) is 0 Å². The molecule has 4 heteroatoms. The number of hydrogen-bond acceptors (Lipinski definition) is 2. The van der Waals surface area contributed by atoms with Crippen molar-refractivity contribution in [3.63, 3.8) is 0 Å². The van der Waals surface area contributed by atoms with Crippen molar-refractivity contribution in [2.24, 2.45) is 0 Å². The predicted molar refractivity (Wildman–Crippen MR) is 44.9 cm³/mol. The normalized spacial score (nSPS) is 10.1. The molecule has 0 amide bonds. The van der Waals surface area contributed by atoms with Crippen molar-refractivity contribution in [1.29, 1.82) is 0 Å². The van der Waals surface area contributed by atoms with Gasteiger partial charge < -0.3 is 4.74 Å². The van der Waals surface area contributed by atoms with Gasteiger partial charge in [0.25, 0.3) is 0 Å². The highest BCUT2D eigenvalue weighted by Gasteiger charge is 2.13. The molecule has 1 aromatic carbocycles. The maximum Gasteiger partial charge on any atom is 0.176 e. The fourth-order valence-electron chi connectivity index (χ4n) is 0.869. The van der Waals surface area contributed by atoms with Gasteiger partial charge in [0, 0.05) is 0 Å². The fraction of sp³-hybridized carbons (Fsp3) is 0.250. The molecule has 0 aliphatic heterocycles. The first-order chi connectivity index (χ1) is 5.57. The maximum absolute atomic E-state index is 12.9. The minimum Gasteiger partial charge on any atom is -0.495 e. The Bertz CT molecular complexity index is 312. The van der Waals surface area contributed by atoms with Crippen LogP contribution >= 0.6 is 12.6 Å². The van der Waals surface area contributed by atoms with Gasteiger partial charge in [-0.25, -0.2) is 8.78 Å². The lowest BCUT2D eigenvalue weighted by Crippen LogP contribution is -1.95. The maximum atomic E-state index is 12.9. The minimum atomic E-state index is -0.963. The minimum absolute atomic E-state index is 0.0967. The van der Waals surface area contributed by atoms with E-state index in [0.29, 0.717) is 0 Å². The number of rotatable bonds is 1. The van der Waals surface area contributed by atoms with Crippen LogP contribution < -0.4 is 4.74 Å². The largest absolute Gasteiger partial charge is 0.495 e. The zero-order valence-electron chi connectivity index (χ0n) is 6.69. The van der Waals surface area contributed by atoms with Crippen LogP contribution in [-0.4, -0.2) is 7.11 Å². The summed E-state index contributed by atoms with van der Waals surface area (Å²) in [7, 11) is 1.38. The van der Waals surface area contributed by atoms with E-state index in [0.717, 1.165) is 0 Å². The zero-order chi connectivity index (χ0) is 9.30. The van der Waals surface area contributed by atoms with Crippen molar-refractivity contribution in [3.05, 3.63) is 23.3 Å². The molecule has 0 saturated carbocycles. The molecule has 0 unspecified atom stereocenters. The Kier molecular flexibility index (Phi) is 2.57. The second-order valence-electron chi connectivity index (χ2n) is 2.37. The molecule has 12 heavy (non-hydrogen) atoms. The molecule has 0 saturated heterocycles. The van der Waals surface area contributed by atoms with Gasteiger partial charge in [-0.2, -0.15) is 0 Å². The Morgan fingerprint density at radius 3 is 2.42 bits per heavy atom. The molecule has 0 heterocycles. The van der Waals surface area contributed by atoms with Gasteiger partial charge in [0.15, 0.2) is 11.6 Å². The quantitative estimate of drug-likeness (QED) is 0.669. The van der Waals surface area contributed by atoms with E-state index in [1.165, 1.54) is 20.1 Å². The van der Waals surface area contributed by atoms with E-state index in [1.54, 1.807) is 0 Å². The Labute approximate surface area is 74.8 Å². The number of aryl methyl sites for hydroxylation is 1. The zero-order valence-corrected chi connectivity index (χ0v) is 7.58. The molecule has 0 radical (unpaired) electrons. The second kappa shape index (κ2) is 3.31. The SMILES string of the molecule is COc1cc(C)c(F)c(F)c1S. The summed E-state index contributed by atoms with van der Waals surface area (Å²) in [5.74, 6) is -1.59. The molecule has 1 rings (SSSR count). The van der Waals surface area contributed by atoms with E-state index in [-0.39, 0.29) is 16.2 Å². The van der Waals surface area contributed by atoms with Gasteiger partial charge in [-0.05, 0) is 18.6 Å². The smallest absolute Gasteiger partial charge is 0.176 e. The Morgan fingerprint density at radius 1 is 1.33 bits per heavy atom. The third kappa shape index (κ3) is 1.39. The van der Waals surface area contributed by atoms with Gasteiger partial charge in [-0.3, -0.25) is 0 Å². The lowest BCUT2D eigenvalue weighted by atomic mass is 10.2. The number of halogens is 2. The van der Waals surface area contributed by atoms with Crippen LogP contribution in [0, 0.1) is 18.6 Å². The topological polar surface area (TPSA) is 9.23 Å². The summed E-state index contributed by atoms with van der Waals surface area (Å²) >= 11 is 3.77. The third-order valence-electron chi connectivity index (χ3n) is 1.55. The number of thiol groups is 1. The van der Waals surface area contributed by atoms with Crippen molar-refractivity contribution < 1.29 is 13.5 Å². The molecular formula is C8H8F2OS. The van der Waals surface area contributed by atoms with Crippen molar-refractivity contribution in [3.8, 4) is 5.75 Å². The summed E-state index contributed by atoms with van der Waals surface area (Å²) in [6.45, 7) is 1.47. The Morgan fingerprint density at radius 2 is 1.92 bits per heavy atom. The van der Waals surface area contributed by atoms with Gasteiger partial charge in [0.1, 0.15) is 5.75 Å². The predicted octanol–water partition coefficient (Wildman–Crippen LogP) is 2.57. The number of methoxy groups -OCH3 is 1. The van der Waals surface area contributed by atoms with Gasteiger partial charge in [0.05, 0.1) is 12.0 Å². The molecule has 66 valence electrons. The van der Waals surface area contributed by atoms with E-state index >= 15 is 0 Å². The molecule has 0 fully saturated rings. The molecule has 1 aromatic rings. The average Bonchev–Trinajstić information content (AvgIpc) is 2.08. The van der Waals surface area contributed by atoms with E-state index in [4.69, 9.17) is 4.74 Å². The molecular weight excluding hydrogens is 182 g/mol. The summed E-state index contributed by atoms with van der Waals surface area (Å²) in [5, 5.41) is 0. The highest BCUT2D eigenvalue weighted by atomic mass is 32.1. The van der Waals surface area contributed by atoms with Gasteiger partial charge in [-0.1, -0.05) is 0 Å². The van der Waals surface area contributed by atoms with E-state index in [2.05, 4.69) is 12.6 Å². The van der Waals surface area contributed by atoms with Crippen LogP contribution in [0.4, 0.5) is 8.78 Å². The molecule has 0 atom stereocenters. The second-order valence-corrected chi connectivity index (χ2v) is 2.82. The summed E-state index contributed by atoms with van der Waals surface area (Å²) in [4.78, 5) is -0.0967. The fourth-order valence-corrected chi connectivity index (χ4v) is 1.12. The highest BCUT2D eigenvalue weighted by molar-refractivity contribution is 7.80. The van der Waals surface area contributed by atoms with Crippen LogP contribution in [-0.2, 0) is 0 Å². The van der Waals surface area contributed by atoms with Crippen LogP contribution in [0.25, 0.3) is 0 Å². The van der Waals surface area contributed by atoms with Crippen LogP contribution in [0.3, 0.4) is 0 Å². The number of ether oxygens (including phenoxy) is 1. The monoisotopic (exact) mass is 190 g/mol. The lowest BCUT2D eigenvalue weighted by Gasteiger charge is -2.06. The molecule has 0 aromatic heterocycles. The summed E-state index contributed by atoms with van der Waals surface area (Å²) < 4.78 is 30.5. The Hall–Kier alpha value is -0.770. The first-order valence-electron chi connectivity index (χ1n) is 3.29. The van der Waals surface area contributed by atoms with Crippen LogP contribution in [0.1, 0.15) is 5.56 Å². The number of benzene rings is 1. The Balaban J connectivity index is 3.39. The van der Waals surface area contributed by atoms with Gasteiger partial charge in [-0.15, -0.1) is 12.6 Å². The first kappa shape index (κ1) is 9.32. The van der Waals surface area contributed by atoms with Gasteiger partial charge >= 0.3 is 0 Å². The molecule has 0 N–H and O–H groups in total. The highest BCUT2D eigenvalue weighted by Crippen LogP contribution is 2.29. The summed E-state index contributed by atoms with van der Waals surface area (Å²) in [5.41, 5.74) is 0.210. The van der Waals surface area contributed by atoms with Crippen LogP contribution in [0.5, 0.6) is 5.75 Å². The molecule has 0 bridgehead atoms. The van der Waals surface area contributed by atoms with Crippen LogP contribution in [0.2, 0.25) is 0 Å². The summed E-state index contributed by atoms with van der Waals surface area (Å²) in [6, 6.07) is 1.40. The lowest BCUT2D eigenvalue weighted by molar-refractivity contribution is 0.388. The molecule has 1 nitrogen and oxygen atoms in total. The summed E-state index contributed by atoms with van der Waals surface area (Å²) in [6.07, 6.45) is 0. The standard InChI is InChI=1S/C8H8F2OS/c1-4-3-5(11-2)8(12)7(10)6(4)9/h3,12H,1-2H3. The van der Waals surface area contributed by atoms with Crippen molar-refractivity contribution in [2.45, 2.75) is 11.8 Å². The van der Waals surface area contributed by atoms with E-state index in [9.17, 15) is 8.78 Å². The van der Waals surface area contributed by atoms with Gasteiger partial charge in [0.2, 0.25) is 0 Å². The molecule has 0 aliphatic carbocycles. The number of hydrogen-bond donors (Lipinski definition) is 1.